The van der Waals surface area contributed by atoms with Crippen LogP contribution in [-0.4, -0.2) is 30.0 Å². The van der Waals surface area contributed by atoms with Gasteiger partial charge < -0.3 is 14.8 Å². The summed E-state index contributed by atoms with van der Waals surface area (Å²) < 4.78 is 10.2. The average molecular weight is 396 g/mol. The van der Waals surface area contributed by atoms with Gasteiger partial charge in [0.2, 0.25) is 5.91 Å². The SMILES string of the molecule is COc1cc(NC(=O)Cc2ccc([N+](=O)[O-])cc2[N+](=O)[O-])c(OC)cc1Cl. The Morgan fingerprint density at radius 3 is 2.30 bits per heavy atom. The van der Waals surface area contributed by atoms with Crippen molar-refractivity contribution in [2.75, 3.05) is 19.5 Å². The summed E-state index contributed by atoms with van der Waals surface area (Å²) in [7, 11) is 2.79. The van der Waals surface area contributed by atoms with Gasteiger partial charge in [-0.25, -0.2) is 0 Å². The van der Waals surface area contributed by atoms with Crippen LogP contribution in [0.4, 0.5) is 17.1 Å². The Morgan fingerprint density at radius 1 is 1.07 bits per heavy atom. The van der Waals surface area contributed by atoms with Crippen molar-refractivity contribution in [3.05, 3.63) is 61.1 Å². The minimum absolute atomic E-state index is 0.0306. The number of nitro groups is 2. The second kappa shape index (κ2) is 8.32. The third kappa shape index (κ3) is 4.61. The number of nitrogens with one attached hydrogen (secondary N) is 1. The van der Waals surface area contributed by atoms with Gasteiger partial charge in [0.1, 0.15) is 11.5 Å². The molecule has 0 saturated carbocycles. The molecule has 2 rings (SSSR count). The summed E-state index contributed by atoms with van der Waals surface area (Å²) in [5.41, 5.74) is -0.661. The number of rotatable bonds is 7. The van der Waals surface area contributed by atoms with Gasteiger partial charge in [-0.05, 0) is 6.07 Å². The smallest absolute Gasteiger partial charge is 0.279 e. The first-order chi connectivity index (χ1) is 12.8. The van der Waals surface area contributed by atoms with Crippen LogP contribution in [0.25, 0.3) is 0 Å². The molecule has 0 spiro atoms. The van der Waals surface area contributed by atoms with Gasteiger partial charge in [-0.15, -0.1) is 0 Å². The van der Waals surface area contributed by atoms with Gasteiger partial charge in [-0.1, -0.05) is 11.6 Å². The number of carbonyl (C=O) groups excluding carboxylic acids is 1. The lowest BCUT2D eigenvalue weighted by atomic mass is 10.1. The Labute approximate surface area is 157 Å². The van der Waals surface area contributed by atoms with Gasteiger partial charge in [-0.2, -0.15) is 0 Å². The van der Waals surface area contributed by atoms with E-state index in [2.05, 4.69) is 5.32 Å². The fraction of sp³-hybridized carbons (Fsp3) is 0.188. The predicted octanol–water partition coefficient (Wildman–Crippen LogP) is 3.35. The van der Waals surface area contributed by atoms with E-state index in [1.54, 1.807) is 0 Å². The predicted molar refractivity (Wildman–Crippen MR) is 96.6 cm³/mol. The fourth-order valence-corrected chi connectivity index (χ4v) is 2.54. The topological polar surface area (TPSA) is 134 Å². The number of benzene rings is 2. The number of hydrogen-bond acceptors (Lipinski definition) is 7. The second-order valence-corrected chi connectivity index (χ2v) is 5.65. The van der Waals surface area contributed by atoms with Gasteiger partial charge in [0, 0.05) is 23.8 Å². The molecule has 0 aromatic heterocycles. The lowest BCUT2D eigenvalue weighted by Gasteiger charge is -2.13. The van der Waals surface area contributed by atoms with Gasteiger partial charge in [0.15, 0.2) is 0 Å². The molecule has 142 valence electrons. The number of amides is 1. The summed E-state index contributed by atoms with van der Waals surface area (Å²) in [5.74, 6) is -0.0175. The number of anilines is 1. The van der Waals surface area contributed by atoms with Crippen molar-refractivity contribution in [1.29, 1.82) is 0 Å². The first kappa shape index (κ1) is 19.9. The highest BCUT2D eigenvalue weighted by Crippen LogP contribution is 2.36. The molecule has 0 bridgehead atoms. The zero-order chi connectivity index (χ0) is 20.1. The van der Waals surface area contributed by atoms with E-state index in [4.69, 9.17) is 21.1 Å². The molecule has 2 aromatic carbocycles. The molecule has 0 atom stereocenters. The number of nitrogens with zero attached hydrogens (tertiary/aromatic N) is 2. The van der Waals surface area contributed by atoms with Crippen LogP contribution >= 0.6 is 11.6 Å². The maximum Gasteiger partial charge on any atom is 0.279 e. The molecule has 2 aromatic rings. The molecule has 0 aliphatic rings. The van der Waals surface area contributed by atoms with Crippen LogP contribution in [0.3, 0.4) is 0 Å². The largest absolute Gasteiger partial charge is 0.495 e. The van der Waals surface area contributed by atoms with E-state index in [-0.39, 0.29) is 28.4 Å². The van der Waals surface area contributed by atoms with Gasteiger partial charge in [-0.3, -0.25) is 25.0 Å². The molecule has 27 heavy (non-hydrogen) atoms. The zero-order valence-electron chi connectivity index (χ0n) is 14.2. The zero-order valence-corrected chi connectivity index (χ0v) is 15.0. The molecule has 0 heterocycles. The van der Waals surface area contributed by atoms with Crippen molar-refractivity contribution in [2.45, 2.75) is 6.42 Å². The van der Waals surface area contributed by atoms with Crippen LogP contribution in [0.2, 0.25) is 5.02 Å². The van der Waals surface area contributed by atoms with Gasteiger partial charge >= 0.3 is 0 Å². The Hall–Kier alpha value is -3.40. The molecular formula is C16H14ClN3O7. The first-order valence-corrected chi connectivity index (χ1v) is 7.77. The first-order valence-electron chi connectivity index (χ1n) is 7.40. The maximum atomic E-state index is 12.3. The van der Waals surface area contributed by atoms with E-state index in [1.165, 1.54) is 32.4 Å². The summed E-state index contributed by atoms with van der Waals surface area (Å²) in [5, 5.41) is 24.8. The van der Waals surface area contributed by atoms with Crippen LogP contribution in [0.15, 0.2) is 30.3 Å². The standard InChI is InChI=1S/C16H14ClN3O7/c1-26-14-8-12(15(27-2)7-11(14)17)18-16(21)5-9-3-4-10(19(22)23)6-13(9)20(24)25/h3-4,6-8H,5H2,1-2H3,(H,18,21). The third-order valence-electron chi connectivity index (χ3n) is 3.58. The summed E-state index contributed by atoms with van der Waals surface area (Å²) in [4.78, 5) is 32.7. The fourth-order valence-electron chi connectivity index (χ4n) is 2.31. The Balaban J connectivity index is 2.28. The highest BCUT2D eigenvalue weighted by atomic mass is 35.5. The van der Waals surface area contributed by atoms with Crippen molar-refractivity contribution in [2.24, 2.45) is 0 Å². The van der Waals surface area contributed by atoms with Gasteiger partial charge in [0.25, 0.3) is 11.4 Å². The summed E-state index contributed by atoms with van der Waals surface area (Å²) in [6.07, 6.45) is -0.373. The third-order valence-corrected chi connectivity index (χ3v) is 3.87. The molecule has 0 aliphatic carbocycles. The molecule has 1 N–H and O–H groups in total. The number of nitro benzene ring substituents is 2. The molecule has 0 saturated heterocycles. The summed E-state index contributed by atoms with van der Waals surface area (Å²) in [6.45, 7) is 0. The number of non-ortho nitro benzene ring substituents is 1. The lowest BCUT2D eigenvalue weighted by molar-refractivity contribution is -0.394. The molecule has 1 amide bonds. The van der Waals surface area contributed by atoms with Crippen LogP contribution in [0.1, 0.15) is 5.56 Å². The van der Waals surface area contributed by atoms with Gasteiger partial charge in [0.05, 0.1) is 47.3 Å². The molecule has 10 nitrogen and oxygen atoms in total. The number of methoxy groups -OCH3 is 2. The van der Waals surface area contributed by atoms with E-state index in [0.717, 1.165) is 12.1 Å². The number of hydrogen-bond donors (Lipinski definition) is 1. The quantitative estimate of drug-likeness (QED) is 0.561. The Kier molecular flexibility index (Phi) is 6.14. The summed E-state index contributed by atoms with van der Waals surface area (Å²) >= 11 is 5.99. The highest BCUT2D eigenvalue weighted by molar-refractivity contribution is 6.32. The van der Waals surface area contributed by atoms with E-state index in [0.29, 0.717) is 5.75 Å². The van der Waals surface area contributed by atoms with E-state index in [9.17, 15) is 25.0 Å². The molecule has 0 unspecified atom stereocenters. The van der Waals surface area contributed by atoms with Crippen LogP contribution in [0.5, 0.6) is 11.5 Å². The monoisotopic (exact) mass is 395 g/mol. The van der Waals surface area contributed by atoms with Crippen LogP contribution in [-0.2, 0) is 11.2 Å². The molecule has 0 aliphatic heterocycles. The van der Waals surface area contributed by atoms with E-state index >= 15 is 0 Å². The van der Waals surface area contributed by atoms with Crippen molar-refractivity contribution < 1.29 is 24.1 Å². The van der Waals surface area contributed by atoms with Crippen molar-refractivity contribution in [1.82, 2.24) is 0 Å². The van der Waals surface area contributed by atoms with Crippen molar-refractivity contribution in [3.63, 3.8) is 0 Å². The number of ether oxygens (including phenoxy) is 2. The normalized spacial score (nSPS) is 10.2. The maximum absolute atomic E-state index is 12.3. The number of carbonyl (C=O) groups is 1. The minimum Gasteiger partial charge on any atom is -0.495 e. The van der Waals surface area contributed by atoms with Crippen molar-refractivity contribution >= 4 is 34.6 Å². The second-order valence-electron chi connectivity index (χ2n) is 5.24. The average Bonchev–Trinajstić information content (AvgIpc) is 2.62. The van der Waals surface area contributed by atoms with Crippen LogP contribution in [0, 0.1) is 20.2 Å². The number of halogens is 1. The van der Waals surface area contributed by atoms with Crippen molar-refractivity contribution in [3.8, 4) is 11.5 Å². The molecular weight excluding hydrogens is 382 g/mol. The van der Waals surface area contributed by atoms with E-state index in [1.807, 2.05) is 0 Å². The molecule has 0 radical (unpaired) electrons. The molecule has 0 fully saturated rings. The lowest BCUT2D eigenvalue weighted by Crippen LogP contribution is -2.16. The Morgan fingerprint density at radius 2 is 1.74 bits per heavy atom. The Bertz CT molecular complexity index is 917. The minimum atomic E-state index is -0.776. The van der Waals surface area contributed by atoms with E-state index < -0.39 is 27.1 Å². The summed E-state index contributed by atoms with van der Waals surface area (Å²) in [6, 6.07) is 5.99. The highest BCUT2D eigenvalue weighted by Gasteiger charge is 2.22. The molecule has 11 heteroatoms. The van der Waals surface area contributed by atoms with Crippen LogP contribution < -0.4 is 14.8 Å².